The van der Waals surface area contributed by atoms with Gasteiger partial charge in [0.2, 0.25) is 5.78 Å². The number of aromatic nitrogens is 1. The molecule has 0 unspecified atom stereocenters. The number of nitro groups is 1. The van der Waals surface area contributed by atoms with Crippen molar-refractivity contribution >= 4 is 29.2 Å². The van der Waals surface area contributed by atoms with Gasteiger partial charge in [0.05, 0.1) is 16.9 Å². The first-order valence-corrected chi connectivity index (χ1v) is 9.24. The Morgan fingerprint density at radius 3 is 2.75 bits per heavy atom. The Balaban J connectivity index is 1.85. The number of carbonyl (C=O) groups is 2. The molecule has 0 aliphatic rings. The third kappa shape index (κ3) is 5.62. The van der Waals surface area contributed by atoms with Crippen LogP contribution < -0.4 is 0 Å². The fourth-order valence-electron chi connectivity index (χ4n) is 2.37. The molecule has 0 aliphatic carbocycles. The van der Waals surface area contributed by atoms with Crippen LogP contribution in [0.5, 0.6) is 0 Å². The van der Waals surface area contributed by atoms with Crippen molar-refractivity contribution in [3.05, 3.63) is 62.8 Å². The van der Waals surface area contributed by atoms with Crippen molar-refractivity contribution in [2.45, 2.75) is 25.3 Å². The molecule has 0 saturated heterocycles. The van der Waals surface area contributed by atoms with Crippen LogP contribution in [0.15, 0.2) is 35.4 Å². The van der Waals surface area contributed by atoms with Crippen LogP contribution in [0.2, 0.25) is 0 Å². The molecule has 0 fully saturated rings. The molecule has 0 atom stereocenters. The second-order valence-corrected chi connectivity index (χ2v) is 6.95. The Kier molecular flexibility index (Phi) is 7.23. The third-order valence-corrected chi connectivity index (χ3v) is 4.69. The van der Waals surface area contributed by atoms with Gasteiger partial charge in [-0.05, 0) is 25.5 Å². The van der Waals surface area contributed by atoms with E-state index >= 15 is 0 Å². The van der Waals surface area contributed by atoms with E-state index in [0.717, 1.165) is 17.3 Å². The summed E-state index contributed by atoms with van der Waals surface area (Å²) in [5, 5.41) is 20.5. The smallest absolute Gasteiger partial charge is 0.307 e. The van der Waals surface area contributed by atoms with Gasteiger partial charge in [-0.1, -0.05) is 12.1 Å². The number of nitro benzene ring substituents is 1. The van der Waals surface area contributed by atoms with E-state index in [2.05, 4.69) is 11.1 Å². The molecule has 0 bridgehead atoms. The van der Waals surface area contributed by atoms with Gasteiger partial charge in [-0.25, -0.2) is 4.98 Å². The zero-order valence-electron chi connectivity index (χ0n) is 15.3. The number of Topliss-reactive ketones (excluding diaryl/α,β-unsaturated/α-hetero) is 1. The van der Waals surface area contributed by atoms with E-state index in [0.29, 0.717) is 16.3 Å². The maximum absolute atomic E-state index is 12.0. The molecule has 0 amide bonds. The van der Waals surface area contributed by atoms with Gasteiger partial charge in [0.1, 0.15) is 11.1 Å². The first-order valence-electron chi connectivity index (χ1n) is 8.26. The number of nitriles is 1. The van der Waals surface area contributed by atoms with Gasteiger partial charge < -0.3 is 4.74 Å². The molecular formula is C19H17N3O5S. The Labute approximate surface area is 165 Å². The van der Waals surface area contributed by atoms with Crippen molar-refractivity contribution in [1.29, 1.82) is 5.26 Å². The number of benzene rings is 1. The number of esters is 1. The molecule has 0 radical (unpaired) electrons. The number of hydrogen-bond donors (Lipinski definition) is 0. The maximum Gasteiger partial charge on any atom is 0.307 e. The average molecular weight is 399 g/mol. The normalized spacial score (nSPS) is 10.2. The molecule has 2 rings (SSSR count). The molecule has 0 saturated carbocycles. The van der Waals surface area contributed by atoms with Crippen LogP contribution in [0.3, 0.4) is 0 Å². The van der Waals surface area contributed by atoms with Gasteiger partial charge >= 0.3 is 5.97 Å². The minimum atomic E-state index is -0.601. The molecule has 9 heteroatoms. The van der Waals surface area contributed by atoms with E-state index in [1.165, 1.54) is 30.0 Å². The molecule has 1 heterocycles. The minimum Gasteiger partial charge on any atom is -0.457 e. The number of nitrogens with zero attached hydrogens (tertiary/aromatic N) is 3. The lowest BCUT2D eigenvalue weighted by Crippen LogP contribution is -2.14. The molecule has 144 valence electrons. The van der Waals surface area contributed by atoms with E-state index in [1.807, 2.05) is 19.9 Å². The summed E-state index contributed by atoms with van der Waals surface area (Å²) < 4.78 is 4.94. The first-order chi connectivity index (χ1) is 13.3. The van der Waals surface area contributed by atoms with Crippen LogP contribution in [0.25, 0.3) is 0 Å². The molecule has 0 spiro atoms. The van der Waals surface area contributed by atoms with Crippen LogP contribution >= 0.6 is 11.8 Å². The minimum absolute atomic E-state index is 0.0341. The van der Waals surface area contributed by atoms with Crippen molar-refractivity contribution in [2.75, 3.05) is 12.4 Å². The number of ketones is 1. The Hall–Kier alpha value is -3.25. The molecule has 28 heavy (non-hydrogen) atoms. The number of carbonyl (C=O) groups excluding carboxylic acids is 2. The van der Waals surface area contributed by atoms with Crippen molar-refractivity contribution in [1.82, 2.24) is 4.98 Å². The highest BCUT2D eigenvalue weighted by Crippen LogP contribution is 2.24. The molecular weight excluding hydrogens is 382 g/mol. The summed E-state index contributed by atoms with van der Waals surface area (Å²) in [6, 6.07) is 9.16. The van der Waals surface area contributed by atoms with Gasteiger partial charge in [0, 0.05) is 29.1 Å². The van der Waals surface area contributed by atoms with Crippen LogP contribution in [0.1, 0.15) is 33.6 Å². The fraction of sp³-hybridized carbons (Fsp3) is 0.263. The summed E-state index contributed by atoms with van der Waals surface area (Å²) in [7, 11) is 0. The monoisotopic (exact) mass is 399 g/mol. The van der Waals surface area contributed by atoms with Crippen molar-refractivity contribution in [2.24, 2.45) is 0 Å². The summed E-state index contributed by atoms with van der Waals surface area (Å²) in [6.07, 6.45) is 0.0341. The first kappa shape index (κ1) is 21.1. The molecule has 0 N–H and O–H groups in total. The van der Waals surface area contributed by atoms with Gasteiger partial charge in [-0.3, -0.25) is 19.7 Å². The summed E-state index contributed by atoms with van der Waals surface area (Å²) in [5.74, 6) is -0.754. The Morgan fingerprint density at radius 1 is 1.32 bits per heavy atom. The van der Waals surface area contributed by atoms with Crippen molar-refractivity contribution < 1.29 is 19.2 Å². The lowest BCUT2D eigenvalue weighted by molar-refractivity contribution is -0.384. The third-order valence-electron chi connectivity index (χ3n) is 3.71. The number of non-ortho nitro benzene ring substituents is 1. The van der Waals surface area contributed by atoms with Crippen molar-refractivity contribution in [3.8, 4) is 6.07 Å². The molecule has 1 aromatic carbocycles. The summed E-state index contributed by atoms with van der Waals surface area (Å²) in [5.41, 5.74) is 1.98. The molecule has 8 nitrogen and oxygen atoms in total. The predicted octanol–water partition coefficient (Wildman–Crippen LogP) is 3.39. The number of rotatable bonds is 8. The standard InChI is InChI=1S/C19H17N3O5S/c1-12-8-13(2)21-19(16(12)10-20)28-7-6-18(24)27-11-17(23)14-4-3-5-15(9-14)22(25)26/h3-5,8-9H,6-7,11H2,1-2H3. The zero-order chi connectivity index (χ0) is 20.7. The van der Waals surface area contributed by atoms with E-state index in [4.69, 9.17) is 4.74 Å². The topological polar surface area (TPSA) is 123 Å². The molecule has 1 aromatic heterocycles. The number of pyridine rings is 1. The van der Waals surface area contributed by atoms with Gasteiger partial charge in [0.15, 0.2) is 6.61 Å². The Bertz CT molecular complexity index is 969. The number of thioether (sulfide) groups is 1. The summed E-state index contributed by atoms with van der Waals surface area (Å²) >= 11 is 1.27. The average Bonchev–Trinajstić information content (AvgIpc) is 2.66. The van der Waals surface area contributed by atoms with Gasteiger partial charge in [-0.15, -0.1) is 11.8 Å². The maximum atomic E-state index is 12.0. The van der Waals surface area contributed by atoms with Crippen LogP contribution in [0.4, 0.5) is 5.69 Å². The quantitative estimate of drug-likeness (QED) is 0.218. The van der Waals surface area contributed by atoms with Crippen molar-refractivity contribution in [3.63, 3.8) is 0 Å². The SMILES string of the molecule is Cc1cc(C)c(C#N)c(SCCC(=O)OCC(=O)c2cccc([N+](=O)[O-])c2)n1. The van der Waals surface area contributed by atoms with E-state index in [1.54, 1.807) is 0 Å². The number of hydrogen-bond acceptors (Lipinski definition) is 8. The summed E-state index contributed by atoms with van der Waals surface area (Å²) in [6.45, 7) is 3.16. The number of ether oxygens (including phenoxy) is 1. The second-order valence-electron chi connectivity index (χ2n) is 5.86. The Morgan fingerprint density at radius 2 is 2.07 bits per heavy atom. The summed E-state index contributed by atoms with van der Waals surface area (Å²) in [4.78, 5) is 38.3. The van der Waals surface area contributed by atoms with Crippen LogP contribution in [0, 0.1) is 35.3 Å². The highest BCUT2D eigenvalue weighted by molar-refractivity contribution is 7.99. The van der Waals surface area contributed by atoms with Gasteiger partial charge in [0.25, 0.3) is 5.69 Å². The largest absolute Gasteiger partial charge is 0.457 e. The van der Waals surface area contributed by atoms with E-state index < -0.39 is 23.3 Å². The lowest BCUT2D eigenvalue weighted by Gasteiger charge is -2.07. The van der Waals surface area contributed by atoms with Crippen LogP contribution in [-0.2, 0) is 9.53 Å². The zero-order valence-corrected chi connectivity index (χ0v) is 16.1. The fourth-order valence-corrected chi connectivity index (χ4v) is 3.39. The lowest BCUT2D eigenvalue weighted by atomic mass is 10.1. The van der Waals surface area contributed by atoms with E-state index in [9.17, 15) is 25.0 Å². The highest BCUT2D eigenvalue weighted by Gasteiger charge is 2.15. The van der Waals surface area contributed by atoms with Gasteiger partial charge in [-0.2, -0.15) is 5.26 Å². The number of aryl methyl sites for hydroxylation is 2. The van der Waals surface area contributed by atoms with Crippen LogP contribution in [-0.4, -0.2) is 34.0 Å². The second kappa shape index (κ2) is 9.62. The molecule has 2 aromatic rings. The predicted molar refractivity (Wildman–Crippen MR) is 102 cm³/mol. The van der Waals surface area contributed by atoms with E-state index in [-0.39, 0.29) is 17.7 Å². The molecule has 0 aliphatic heterocycles. The highest BCUT2D eigenvalue weighted by atomic mass is 32.2.